The van der Waals surface area contributed by atoms with E-state index in [4.69, 9.17) is 0 Å². The van der Waals surface area contributed by atoms with Crippen LogP contribution in [-0.2, 0) is 10.0 Å². The van der Waals surface area contributed by atoms with Crippen LogP contribution in [-0.4, -0.2) is 37.3 Å². The number of sulfonamides is 1. The molecule has 0 amide bonds. The number of nitrogens with one attached hydrogen (secondary N) is 1. The normalized spacial score (nSPS) is 16.1. The summed E-state index contributed by atoms with van der Waals surface area (Å²) in [6.45, 7) is 4.44. The molecular weight excluding hydrogens is 262 g/mol. The van der Waals surface area contributed by atoms with Crippen molar-refractivity contribution in [2.75, 3.05) is 18.9 Å². The van der Waals surface area contributed by atoms with Crippen molar-refractivity contribution < 1.29 is 8.42 Å². The van der Waals surface area contributed by atoms with Crippen molar-refractivity contribution in [2.24, 2.45) is 5.92 Å². The topological polar surface area (TPSA) is 62.3 Å². The maximum atomic E-state index is 12.6. The van der Waals surface area contributed by atoms with Crippen molar-refractivity contribution in [1.29, 1.82) is 0 Å². The Morgan fingerprint density at radius 3 is 2.53 bits per heavy atom. The molecule has 0 aromatic carbocycles. The molecule has 6 heteroatoms. The SMILES string of the molecule is CNc1ccc(S(=O)(=O)N(CC2CC2)C(C)C)cn1. The number of aromatic nitrogens is 1. The fourth-order valence-electron chi connectivity index (χ4n) is 1.96. The molecule has 0 bridgehead atoms. The molecule has 106 valence electrons. The van der Waals surface area contributed by atoms with Gasteiger partial charge in [0.15, 0.2) is 0 Å². The zero-order valence-corrected chi connectivity index (χ0v) is 12.4. The molecule has 1 fully saturated rings. The Kier molecular flexibility index (Phi) is 4.10. The third-order valence-electron chi connectivity index (χ3n) is 3.31. The molecule has 1 saturated carbocycles. The van der Waals surface area contributed by atoms with Crippen LogP contribution in [0.25, 0.3) is 0 Å². The lowest BCUT2D eigenvalue weighted by Crippen LogP contribution is -2.38. The number of anilines is 1. The third kappa shape index (κ3) is 3.25. The summed E-state index contributed by atoms with van der Waals surface area (Å²) in [7, 11) is -1.68. The molecule has 5 nitrogen and oxygen atoms in total. The van der Waals surface area contributed by atoms with Gasteiger partial charge < -0.3 is 5.32 Å². The molecular formula is C13H21N3O2S. The highest BCUT2D eigenvalue weighted by atomic mass is 32.2. The predicted octanol–water partition coefficient (Wildman–Crippen LogP) is 1.93. The van der Waals surface area contributed by atoms with E-state index in [-0.39, 0.29) is 10.9 Å². The second-order valence-corrected chi connectivity index (χ2v) is 7.13. The quantitative estimate of drug-likeness (QED) is 0.866. The van der Waals surface area contributed by atoms with Crippen LogP contribution in [0.3, 0.4) is 0 Å². The highest BCUT2D eigenvalue weighted by Crippen LogP contribution is 2.32. The van der Waals surface area contributed by atoms with Crippen LogP contribution in [0.2, 0.25) is 0 Å². The third-order valence-corrected chi connectivity index (χ3v) is 5.34. The largest absolute Gasteiger partial charge is 0.373 e. The van der Waals surface area contributed by atoms with Crippen molar-refractivity contribution >= 4 is 15.8 Å². The first-order chi connectivity index (χ1) is 8.95. The lowest BCUT2D eigenvalue weighted by Gasteiger charge is -2.25. The summed E-state index contributed by atoms with van der Waals surface area (Å²) in [5.41, 5.74) is 0. The van der Waals surface area contributed by atoms with Gasteiger partial charge in [0, 0.05) is 25.8 Å². The van der Waals surface area contributed by atoms with Crippen LogP contribution in [0.1, 0.15) is 26.7 Å². The van der Waals surface area contributed by atoms with Crippen molar-refractivity contribution in [3.05, 3.63) is 18.3 Å². The summed E-state index contributed by atoms with van der Waals surface area (Å²) in [6, 6.07) is 3.26. The van der Waals surface area contributed by atoms with Crippen LogP contribution < -0.4 is 5.32 Å². The van der Waals surface area contributed by atoms with Gasteiger partial charge in [0.2, 0.25) is 10.0 Å². The van der Waals surface area contributed by atoms with Crippen LogP contribution >= 0.6 is 0 Å². The molecule has 19 heavy (non-hydrogen) atoms. The number of pyridine rings is 1. The fraction of sp³-hybridized carbons (Fsp3) is 0.615. The second kappa shape index (κ2) is 5.46. The average molecular weight is 283 g/mol. The summed E-state index contributed by atoms with van der Waals surface area (Å²) < 4.78 is 26.8. The van der Waals surface area contributed by atoms with Gasteiger partial charge in [-0.3, -0.25) is 0 Å². The summed E-state index contributed by atoms with van der Waals surface area (Å²) in [5, 5.41) is 2.88. The first-order valence-corrected chi connectivity index (χ1v) is 8.05. The van der Waals surface area contributed by atoms with Crippen molar-refractivity contribution in [3.63, 3.8) is 0 Å². The van der Waals surface area contributed by atoms with Crippen molar-refractivity contribution in [2.45, 2.75) is 37.6 Å². The zero-order valence-electron chi connectivity index (χ0n) is 11.6. The van der Waals surface area contributed by atoms with E-state index in [1.165, 1.54) is 6.20 Å². The van der Waals surface area contributed by atoms with Gasteiger partial charge in [0.1, 0.15) is 10.7 Å². The first kappa shape index (κ1) is 14.3. The maximum Gasteiger partial charge on any atom is 0.244 e. The Morgan fingerprint density at radius 2 is 2.11 bits per heavy atom. The maximum absolute atomic E-state index is 12.6. The van der Waals surface area contributed by atoms with Gasteiger partial charge in [-0.1, -0.05) is 0 Å². The van der Waals surface area contributed by atoms with Crippen molar-refractivity contribution in [3.8, 4) is 0 Å². The Bertz CT molecular complexity index is 521. The lowest BCUT2D eigenvalue weighted by atomic mass is 10.3. The Morgan fingerprint density at radius 1 is 1.42 bits per heavy atom. The molecule has 0 aliphatic heterocycles. The number of hydrogen-bond acceptors (Lipinski definition) is 4. The Hall–Kier alpha value is -1.14. The fourth-order valence-corrected chi connectivity index (χ4v) is 3.62. The second-order valence-electron chi connectivity index (χ2n) is 5.24. The lowest BCUT2D eigenvalue weighted by molar-refractivity contribution is 0.341. The standard InChI is InChI=1S/C13H21N3O2S/c1-10(2)16(9-11-4-5-11)19(17,18)12-6-7-13(14-3)15-8-12/h6-8,10-11H,4-5,9H2,1-3H3,(H,14,15). The predicted molar refractivity (Wildman–Crippen MR) is 75.5 cm³/mol. The first-order valence-electron chi connectivity index (χ1n) is 6.61. The van der Waals surface area contributed by atoms with E-state index in [2.05, 4.69) is 10.3 Å². The average Bonchev–Trinajstić information content (AvgIpc) is 3.19. The molecule has 0 spiro atoms. The minimum Gasteiger partial charge on any atom is -0.373 e. The van der Waals surface area contributed by atoms with Gasteiger partial charge in [0.25, 0.3) is 0 Å². The molecule has 0 atom stereocenters. The van der Waals surface area contributed by atoms with Gasteiger partial charge in [-0.25, -0.2) is 13.4 Å². The summed E-state index contributed by atoms with van der Waals surface area (Å²) in [4.78, 5) is 4.35. The van der Waals surface area contributed by atoms with E-state index in [0.717, 1.165) is 12.8 Å². The molecule has 1 heterocycles. The Balaban J connectivity index is 2.26. The van der Waals surface area contributed by atoms with E-state index in [1.807, 2.05) is 13.8 Å². The summed E-state index contributed by atoms with van der Waals surface area (Å²) in [6.07, 6.45) is 3.69. The van der Waals surface area contributed by atoms with Gasteiger partial charge in [0.05, 0.1) is 0 Å². The molecule has 1 N–H and O–H groups in total. The molecule has 1 aromatic rings. The van der Waals surface area contributed by atoms with Gasteiger partial charge in [-0.05, 0) is 44.7 Å². The minimum atomic E-state index is -3.44. The monoisotopic (exact) mass is 283 g/mol. The highest BCUT2D eigenvalue weighted by Gasteiger charge is 2.33. The highest BCUT2D eigenvalue weighted by molar-refractivity contribution is 7.89. The Labute approximate surface area is 115 Å². The molecule has 0 radical (unpaired) electrons. The summed E-state index contributed by atoms with van der Waals surface area (Å²) in [5.74, 6) is 1.19. The smallest absolute Gasteiger partial charge is 0.244 e. The van der Waals surface area contributed by atoms with E-state index in [9.17, 15) is 8.42 Å². The molecule has 0 unspecified atom stereocenters. The minimum absolute atomic E-state index is 0.0328. The molecule has 0 saturated heterocycles. The van der Waals surface area contributed by atoms with Crippen LogP contribution in [0.15, 0.2) is 23.2 Å². The number of rotatable bonds is 6. The van der Waals surface area contributed by atoms with E-state index in [0.29, 0.717) is 18.3 Å². The van der Waals surface area contributed by atoms with Crippen LogP contribution in [0.4, 0.5) is 5.82 Å². The molecule has 1 aromatic heterocycles. The van der Waals surface area contributed by atoms with Crippen LogP contribution in [0, 0.1) is 5.92 Å². The van der Waals surface area contributed by atoms with Gasteiger partial charge in [-0.2, -0.15) is 4.31 Å². The molecule has 1 aliphatic rings. The van der Waals surface area contributed by atoms with Gasteiger partial charge >= 0.3 is 0 Å². The number of nitrogens with zero attached hydrogens (tertiary/aromatic N) is 2. The van der Waals surface area contributed by atoms with E-state index in [1.54, 1.807) is 23.5 Å². The molecule has 2 rings (SSSR count). The van der Waals surface area contributed by atoms with Crippen molar-refractivity contribution in [1.82, 2.24) is 9.29 Å². The van der Waals surface area contributed by atoms with E-state index < -0.39 is 10.0 Å². The number of hydrogen-bond donors (Lipinski definition) is 1. The summed E-state index contributed by atoms with van der Waals surface area (Å²) >= 11 is 0. The van der Waals surface area contributed by atoms with Crippen LogP contribution in [0.5, 0.6) is 0 Å². The zero-order chi connectivity index (χ0) is 14.0. The van der Waals surface area contributed by atoms with E-state index >= 15 is 0 Å². The molecule has 1 aliphatic carbocycles. The van der Waals surface area contributed by atoms with Gasteiger partial charge in [-0.15, -0.1) is 0 Å².